The molecule has 2 aromatic carbocycles. The van der Waals surface area contributed by atoms with E-state index in [0.29, 0.717) is 30.8 Å². The van der Waals surface area contributed by atoms with Gasteiger partial charge in [0.2, 0.25) is 5.91 Å². The molecule has 26 heavy (non-hydrogen) atoms. The molecule has 0 saturated carbocycles. The maximum atomic E-state index is 13.7. The average molecular weight is 378 g/mol. The minimum atomic E-state index is -0.502. The van der Waals surface area contributed by atoms with Crippen LogP contribution in [0.1, 0.15) is 30.5 Å². The average Bonchev–Trinajstić information content (AvgIpc) is 2.75. The zero-order chi connectivity index (χ0) is 18.8. The van der Waals surface area contributed by atoms with Gasteiger partial charge in [0, 0.05) is 31.1 Å². The molecule has 0 spiro atoms. The summed E-state index contributed by atoms with van der Waals surface area (Å²) in [4.78, 5) is 24.3. The number of halogens is 2. The van der Waals surface area contributed by atoms with Crippen molar-refractivity contribution in [1.82, 2.24) is 4.90 Å². The number of nitro groups is 1. The first-order valence-corrected chi connectivity index (χ1v) is 8.47. The molecule has 1 amide bonds. The highest BCUT2D eigenvalue weighted by Crippen LogP contribution is 2.35. The predicted octanol–water partition coefficient (Wildman–Crippen LogP) is 4.29. The summed E-state index contributed by atoms with van der Waals surface area (Å²) in [5.74, 6) is -0.483. The highest BCUT2D eigenvalue weighted by atomic mass is 35.5. The first-order valence-electron chi connectivity index (χ1n) is 8.09. The van der Waals surface area contributed by atoms with E-state index in [2.05, 4.69) is 5.32 Å². The number of nitrogens with zero attached hydrogens (tertiary/aromatic N) is 2. The summed E-state index contributed by atoms with van der Waals surface area (Å²) in [6.07, 6.45) is 0.540. The summed E-state index contributed by atoms with van der Waals surface area (Å²) in [7, 11) is 0. The van der Waals surface area contributed by atoms with Crippen molar-refractivity contribution in [1.29, 1.82) is 0 Å². The Bertz CT molecular complexity index is 875. The van der Waals surface area contributed by atoms with Crippen LogP contribution in [-0.4, -0.2) is 22.3 Å². The lowest BCUT2D eigenvalue weighted by atomic mass is 9.98. The summed E-state index contributed by atoms with van der Waals surface area (Å²) in [6, 6.07) is 8.53. The molecule has 1 aliphatic rings. The molecule has 1 atom stereocenters. The number of hydrogen-bond donors (Lipinski definition) is 1. The van der Waals surface area contributed by atoms with E-state index in [0.717, 1.165) is 5.56 Å². The van der Waals surface area contributed by atoms with E-state index >= 15 is 0 Å². The Hall–Kier alpha value is -2.67. The van der Waals surface area contributed by atoms with Crippen LogP contribution in [0.2, 0.25) is 5.02 Å². The van der Waals surface area contributed by atoms with Gasteiger partial charge in [-0.3, -0.25) is 14.9 Å². The van der Waals surface area contributed by atoms with Crippen LogP contribution in [0.5, 0.6) is 0 Å². The lowest BCUT2D eigenvalue weighted by molar-refractivity contribution is -0.384. The van der Waals surface area contributed by atoms with Crippen LogP contribution in [0.3, 0.4) is 0 Å². The molecule has 136 valence electrons. The van der Waals surface area contributed by atoms with Gasteiger partial charge in [-0.05, 0) is 41.8 Å². The van der Waals surface area contributed by atoms with E-state index in [9.17, 15) is 19.3 Å². The van der Waals surface area contributed by atoms with Crippen LogP contribution in [0.15, 0.2) is 36.4 Å². The van der Waals surface area contributed by atoms with Crippen molar-refractivity contribution in [3.05, 3.63) is 68.5 Å². The number of carbonyl (C=O) groups excluding carboxylic acids is 1. The molecule has 1 unspecified atom stereocenters. The summed E-state index contributed by atoms with van der Waals surface area (Å²) in [6.45, 7) is 2.24. The second kappa shape index (κ2) is 7.29. The quantitative estimate of drug-likeness (QED) is 0.639. The van der Waals surface area contributed by atoms with Crippen LogP contribution in [0.4, 0.5) is 15.8 Å². The van der Waals surface area contributed by atoms with Gasteiger partial charge in [-0.1, -0.05) is 17.7 Å². The lowest BCUT2D eigenvalue weighted by Gasteiger charge is -2.20. The van der Waals surface area contributed by atoms with Gasteiger partial charge in [0.25, 0.3) is 5.69 Å². The highest BCUT2D eigenvalue weighted by Gasteiger charge is 2.26. The summed E-state index contributed by atoms with van der Waals surface area (Å²) in [5, 5.41) is 14.8. The van der Waals surface area contributed by atoms with Crippen molar-refractivity contribution in [2.24, 2.45) is 0 Å². The Morgan fingerprint density at radius 3 is 2.81 bits per heavy atom. The van der Waals surface area contributed by atoms with Gasteiger partial charge in [0.1, 0.15) is 11.5 Å². The molecule has 0 aromatic heterocycles. The third-order valence-corrected chi connectivity index (χ3v) is 4.70. The first-order chi connectivity index (χ1) is 12.3. The predicted molar refractivity (Wildman–Crippen MR) is 96.6 cm³/mol. The maximum absolute atomic E-state index is 13.7. The maximum Gasteiger partial charge on any atom is 0.293 e. The molecular formula is C18H17ClFN3O3. The summed E-state index contributed by atoms with van der Waals surface area (Å²) in [5.41, 5.74) is 1.70. The molecule has 2 aromatic rings. The molecule has 8 heteroatoms. The van der Waals surface area contributed by atoms with Gasteiger partial charge in [0.05, 0.1) is 11.0 Å². The van der Waals surface area contributed by atoms with Gasteiger partial charge < -0.3 is 10.2 Å². The Kier molecular flexibility index (Phi) is 5.08. The number of carbonyl (C=O) groups is 1. The van der Waals surface area contributed by atoms with E-state index in [1.807, 2.05) is 0 Å². The molecule has 1 heterocycles. The minimum absolute atomic E-state index is 0.0988. The number of fused-ring (bicyclic) bond motifs is 1. The molecule has 0 saturated heterocycles. The van der Waals surface area contributed by atoms with Crippen molar-refractivity contribution >= 4 is 28.9 Å². The molecule has 0 fully saturated rings. The van der Waals surface area contributed by atoms with Crippen LogP contribution < -0.4 is 5.32 Å². The van der Waals surface area contributed by atoms with Gasteiger partial charge in [-0.25, -0.2) is 4.39 Å². The molecule has 6 nitrogen and oxygen atoms in total. The zero-order valence-corrected chi connectivity index (χ0v) is 14.8. The Balaban J connectivity index is 1.99. The van der Waals surface area contributed by atoms with Crippen LogP contribution >= 0.6 is 11.6 Å². The van der Waals surface area contributed by atoms with Crippen molar-refractivity contribution < 1.29 is 14.1 Å². The summed E-state index contributed by atoms with van der Waals surface area (Å²) >= 11 is 5.86. The van der Waals surface area contributed by atoms with Gasteiger partial charge in [-0.15, -0.1) is 0 Å². The molecule has 0 aliphatic carbocycles. The van der Waals surface area contributed by atoms with E-state index in [4.69, 9.17) is 11.6 Å². The van der Waals surface area contributed by atoms with Crippen LogP contribution in [0, 0.1) is 15.9 Å². The van der Waals surface area contributed by atoms with E-state index in [1.165, 1.54) is 25.1 Å². The third kappa shape index (κ3) is 3.77. The Labute approximate surface area is 154 Å². The minimum Gasteiger partial charge on any atom is -0.373 e. The van der Waals surface area contributed by atoms with E-state index in [1.54, 1.807) is 23.1 Å². The van der Waals surface area contributed by atoms with Crippen LogP contribution in [-0.2, 0) is 11.3 Å². The number of amides is 1. The second-order valence-corrected chi connectivity index (χ2v) is 6.62. The number of anilines is 1. The number of nitrogens with one attached hydrogen (secondary N) is 1. The fraction of sp³-hybridized carbons (Fsp3) is 0.278. The topological polar surface area (TPSA) is 75.5 Å². The van der Waals surface area contributed by atoms with Crippen LogP contribution in [0.25, 0.3) is 0 Å². The van der Waals surface area contributed by atoms with E-state index < -0.39 is 4.92 Å². The number of nitro benzene ring substituents is 1. The molecule has 3 rings (SSSR count). The number of benzene rings is 2. The molecular weight excluding hydrogens is 361 g/mol. The smallest absolute Gasteiger partial charge is 0.293 e. The van der Waals surface area contributed by atoms with Gasteiger partial charge in [-0.2, -0.15) is 0 Å². The lowest BCUT2D eigenvalue weighted by Crippen LogP contribution is -2.28. The fourth-order valence-corrected chi connectivity index (χ4v) is 3.33. The van der Waals surface area contributed by atoms with Crippen molar-refractivity contribution in [3.8, 4) is 0 Å². The van der Waals surface area contributed by atoms with E-state index in [-0.39, 0.29) is 28.5 Å². The van der Waals surface area contributed by atoms with Gasteiger partial charge >= 0.3 is 0 Å². The number of hydrogen-bond acceptors (Lipinski definition) is 4. The van der Waals surface area contributed by atoms with Crippen molar-refractivity contribution in [3.63, 3.8) is 0 Å². The summed E-state index contributed by atoms with van der Waals surface area (Å²) < 4.78 is 13.7. The SMILES string of the molecule is CC(=O)N1CCC(Nc2ccc(Cl)cc2[N+](=O)[O-])c2ccc(F)cc2C1. The largest absolute Gasteiger partial charge is 0.373 e. The van der Waals surface area contributed by atoms with Crippen molar-refractivity contribution in [2.45, 2.75) is 25.9 Å². The molecule has 1 aliphatic heterocycles. The molecule has 0 bridgehead atoms. The normalized spacial score (nSPS) is 16.6. The van der Waals surface area contributed by atoms with Crippen molar-refractivity contribution in [2.75, 3.05) is 11.9 Å². The molecule has 1 N–H and O–H groups in total. The second-order valence-electron chi connectivity index (χ2n) is 6.19. The third-order valence-electron chi connectivity index (χ3n) is 4.46. The highest BCUT2D eigenvalue weighted by molar-refractivity contribution is 6.30. The fourth-order valence-electron chi connectivity index (χ4n) is 3.16. The number of rotatable bonds is 3. The molecule has 0 radical (unpaired) electrons. The Morgan fingerprint density at radius 2 is 2.12 bits per heavy atom. The Morgan fingerprint density at radius 1 is 1.35 bits per heavy atom. The monoisotopic (exact) mass is 377 g/mol. The van der Waals surface area contributed by atoms with Gasteiger partial charge in [0.15, 0.2) is 0 Å². The first kappa shape index (κ1) is 18.1. The zero-order valence-electron chi connectivity index (χ0n) is 14.0. The standard InChI is InChI=1S/C18H17ClFN3O3/c1-11(24)22-7-6-16(15-4-3-14(20)8-12(15)10-22)21-17-5-2-13(19)9-18(17)23(25)26/h2-5,8-9,16,21H,6-7,10H2,1H3.